The first-order chi connectivity index (χ1) is 12.3. The molecule has 6 heteroatoms. The monoisotopic (exact) mass is 352 g/mol. The third kappa shape index (κ3) is 3.16. The van der Waals surface area contributed by atoms with Gasteiger partial charge in [-0.25, -0.2) is 4.99 Å². The fourth-order valence-electron chi connectivity index (χ4n) is 2.58. The molecule has 0 N–H and O–H groups in total. The van der Waals surface area contributed by atoms with Crippen LogP contribution in [0.1, 0.15) is 5.76 Å². The third-order valence-electron chi connectivity index (χ3n) is 3.77. The highest BCUT2D eigenvalue weighted by Gasteiger charge is 2.12. The average molecular weight is 352 g/mol. The van der Waals surface area contributed by atoms with E-state index >= 15 is 0 Å². The van der Waals surface area contributed by atoms with Gasteiger partial charge in [0.05, 0.1) is 31.9 Å². The molecule has 25 heavy (non-hydrogen) atoms. The zero-order valence-electron chi connectivity index (χ0n) is 13.6. The van der Waals surface area contributed by atoms with E-state index in [1.165, 1.54) is 0 Å². The van der Waals surface area contributed by atoms with E-state index in [1.807, 2.05) is 53.9 Å². The van der Waals surface area contributed by atoms with Gasteiger partial charge < -0.3 is 18.1 Å². The molecule has 4 rings (SSSR count). The van der Waals surface area contributed by atoms with E-state index in [-0.39, 0.29) is 0 Å². The van der Waals surface area contributed by atoms with Gasteiger partial charge in [-0.2, -0.15) is 0 Å². The second-order valence-electron chi connectivity index (χ2n) is 5.33. The van der Waals surface area contributed by atoms with Gasteiger partial charge in [-0.3, -0.25) is 0 Å². The van der Waals surface area contributed by atoms with E-state index in [0.29, 0.717) is 6.54 Å². The Morgan fingerprint density at radius 1 is 1.04 bits per heavy atom. The van der Waals surface area contributed by atoms with Crippen LogP contribution in [0.25, 0.3) is 11.5 Å². The largest absolute Gasteiger partial charge is 0.494 e. The Morgan fingerprint density at radius 3 is 2.64 bits per heavy atom. The van der Waals surface area contributed by atoms with Gasteiger partial charge in [0.2, 0.25) is 0 Å². The molecule has 126 valence electrons. The van der Waals surface area contributed by atoms with Crippen LogP contribution in [0.5, 0.6) is 5.75 Å². The lowest BCUT2D eigenvalue weighted by Gasteiger charge is -2.06. The zero-order chi connectivity index (χ0) is 17.1. The molecule has 4 aromatic rings. The van der Waals surface area contributed by atoms with Gasteiger partial charge in [0.15, 0.2) is 10.6 Å². The number of benzene rings is 1. The van der Waals surface area contributed by atoms with Gasteiger partial charge in [0, 0.05) is 5.38 Å². The van der Waals surface area contributed by atoms with Crippen molar-refractivity contribution in [3.8, 4) is 17.2 Å². The van der Waals surface area contributed by atoms with Crippen molar-refractivity contribution in [2.45, 2.75) is 6.54 Å². The van der Waals surface area contributed by atoms with Crippen LogP contribution in [0.15, 0.2) is 80.3 Å². The van der Waals surface area contributed by atoms with Crippen LogP contribution in [0.2, 0.25) is 0 Å². The second kappa shape index (κ2) is 6.86. The molecule has 0 spiro atoms. The number of ether oxygens (including phenoxy) is 1. The van der Waals surface area contributed by atoms with Gasteiger partial charge in [-0.05, 0) is 36.4 Å². The lowest BCUT2D eigenvalue weighted by atomic mass is 10.3. The maximum Gasteiger partial charge on any atom is 0.191 e. The molecule has 0 saturated carbocycles. The Labute approximate surface area is 148 Å². The quantitative estimate of drug-likeness (QED) is 0.523. The minimum atomic E-state index is 0.570. The summed E-state index contributed by atoms with van der Waals surface area (Å²) < 4.78 is 18.6. The van der Waals surface area contributed by atoms with Crippen molar-refractivity contribution < 1.29 is 13.6 Å². The summed E-state index contributed by atoms with van der Waals surface area (Å²) in [5.41, 5.74) is 1.74. The first kappa shape index (κ1) is 15.5. The Morgan fingerprint density at radius 2 is 1.88 bits per heavy atom. The van der Waals surface area contributed by atoms with Gasteiger partial charge in [-0.15, -0.1) is 11.3 Å². The van der Waals surface area contributed by atoms with Crippen LogP contribution in [0.3, 0.4) is 0 Å². The molecule has 0 atom stereocenters. The first-order valence-electron chi connectivity index (χ1n) is 7.77. The van der Waals surface area contributed by atoms with E-state index in [1.54, 1.807) is 31.0 Å². The van der Waals surface area contributed by atoms with Crippen molar-refractivity contribution in [3.05, 3.63) is 77.0 Å². The van der Waals surface area contributed by atoms with Crippen molar-refractivity contribution in [1.29, 1.82) is 0 Å². The van der Waals surface area contributed by atoms with Crippen LogP contribution < -0.4 is 9.54 Å². The van der Waals surface area contributed by atoms with Crippen molar-refractivity contribution in [2.24, 2.45) is 4.99 Å². The second-order valence-corrected chi connectivity index (χ2v) is 6.17. The molecule has 0 radical (unpaired) electrons. The van der Waals surface area contributed by atoms with Crippen LogP contribution in [0, 0.1) is 0 Å². The molecule has 0 aliphatic carbocycles. The maximum atomic E-state index is 5.58. The highest BCUT2D eigenvalue weighted by molar-refractivity contribution is 7.07. The molecule has 3 aromatic heterocycles. The summed E-state index contributed by atoms with van der Waals surface area (Å²) in [6, 6.07) is 15.3. The fourth-order valence-corrected chi connectivity index (χ4v) is 3.48. The lowest BCUT2D eigenvalue weighted by molar-refractivity contribution is 0.416. The number of rotatable bonds is 5. The molecular weight excluding hydrogens is 336 g/mol. The zero-order valence-corrected chi connectivity index (χ0v) is 14.4. The highest BCUT2D eigenvalue weighted by atomic mass is 32.1. The van der Waals surface area contributed by atoms with E-state index in [9.17, 15) is 0 Å². The normalized spacial score (nSPS) is 11.8. The van der Waals surface area contributed by atoms with Crippen molar-refractivity contribution in [2.75, 3.05) is 7.11 Å². The Bertz CT molecular complexity index is 1010. The van der Waals surface area contributed by atoms with E-state index in [2.05, 4.69) is 4.57 Å². The molecule has 0 fully saturated rings. The Hall–Kier alpha value is -2.99. The number of thiazole rings is 1. The number of nitrogens with zero attached hydrogens (tertiary/aromatic N) is 2. The molecule has 0 saturated heterocycles. The summed E-state index contributed by atoms with van der Waals surface area (Å²) in [6.45, 7) is 0.570. The molecular formula is C19H16N2O3S. The van der Waals surface area contributed by atoms with Gasteiger partial charge >= 0.3 is 0 Å². The third-order valence-corrected chi connectivity index (χ3v) is 4.63. The fraction of sp³-hybridized carbons (Fsp3) is 0.105. The topological polar surface area (TPSA) is 52.8 Å². The summed E-state index contributed by atoms with van der Waals surface area (Å²) in [5.74, 6) is 2.39. The highest BCUT2D eigenvalue weighted by Crippen LogP contribution is 2.27. The minimum Gasteiger partial charge on any atom is -0.494 e. The molecule has 1 aromatic carbocycles. The predicted molar refractivity (Wildman–Crippen MR) is 96.0 cm³/mol. The molecule has 0 unspecified atom stereocenters. The number of hydrogen-bond acceptors (Lipinski definition) is 5. The molecule has 0 aliphatic rings. The summed E-state index contributed by atoms with van der Waals surface area (Å²) >= 11 is 1.55. The number of methoxy groups -OCH3 is 1. The maximum absolute atomic E-state index is 5.58. The van der Waals surface area contributed by atoms with E-state index in [4.69, 9.17) is 18.6 Å². The number of para-hydroxylation sites is 2. The summed E-state index contributed by atoms with van der Waals surface area (Å²) in [6.07, 6.45) is 3.34. The SMILES string of the molecule is COc1ccccc1N=c1scc(-c2ccco2)n1Cc1ccco1. The van der Waals surface area contributed by atoms with Gasteiger partial charge in [-0.1, -0.05) is 12.1 Å². The first-order valence-corrected chi connectivity index (χ1v) is 8.65. The van der Waals surface area contributed by atoms with E-state index < -0.39 is 0 Å². The van der Waals surface area contributed by atoms with Crippen LogP contribution in [0.4, 0.5) is 5.69 Å². The molecule has 3 heterocycles. The summed E-state index contributed by atoms with van der Waals surface area (Å²) in [4.78, 5) is 5.64. The average Bonchev–Trinajstić information content (AvgIpc) is 3.39. The molecule has 5 nitrogen and oxygen atoms in total. The van der Waals surface area contributed by atoms with Crippen LogP contribution >= 0.6 is 11.3 Å². The van der Waals surface area contributed by atoms with Crippen molar-refractivity contribution in [3.63, 3.8) is 0 Å². The summed E-state index contributed by atoms with van der Waals surface area (Å²) in [5, 5.41) is 2.04. The number of hydrogen-bond donors (Lipinski definition) is 0. The van der Waals surface area contributed by atoms with Crippen molar-refractivity contribution in [1.82, 2.24) is 4.57 Å². The predicted octanol–water partition coefficient (Wildman–Crippen LogP) is 4.69. The number of aromatic nitrogens is 1. The molecule has 0 amide bonds. The van der Waals surface area contributed by atoms with Crippen LogP contribution in [-0.2, 0) is 6.54 Å². The Balaban J connectivity index is 1.86. The summed E-state index contributed by atoms with van der Waals surface area (Å²) in [7, 11) is 1.65. The number of furan rings is 2. The van der Waals surface area contributed by atoms with Gasteiger partial charge in [0.1, 0.15) is 17.2 Å². The smallest absolute Gasteiger partial charge is 0.191 e. The molecule has 0 bridgehead atoms. The minimum absolute atomic E-state index is 0.570. The van der Waals surface area contributed by atoms with E-state index in [0.717, 1.165) is 33.5 Å². The van der Waals surface area contributed by atoms with Crippen LogP contribution in [-0.4, -0.2) is 11.7 Å². The van der Waals surface area contributed by atoms with Crippen molar-refractivity contribution >= 4 is 17.0 Å². The Kier molecular flexibility index (Phi) is 4.26. The lowest BCUT2D eigenvalue weighted by Crippen LogP contribution is -2.16. The standard InChI is InChI=1S/C19H16N2O3S/c1-22-17-8-3-2-7-15(17)20-19-21(12-14-6-4-10-23-14)16(13-25-19)18-9-5-11-24-18/h2-11,13H,12H2,1H3. The van der Waals surface area contributed by atoms with Gasteiger partial charge in [0.25, 0.3) is 0 Å². The molecule has 0 aliphatic heterocycles.